The smallest absolute Gasteiger partial charge is 0.268 e. The van der Waals surface area contributed by atoms with Crippen LogP contribution in [-0.4, -0.2) is 9.55 Å². The molecule has 14 heavy (non-hydrogen) atoms. The van der Waals surface area contributed by atoms with E-state index >= 15 is 0 Å². The summed E-state index contributed by atoms with van der Waals surface area (Å²) in [6, 6.07) is 2.08. The number of rotatable bonds is 3. The van der Waals surface area contributed by atoms with Crippen LogP contribution in [0.4, 0.5) is 0 Å². The van der Waals surface area contributed by atoms with Gasteiger partial charge in [0.05, 0.1) is 6.20 Å². The van der Waals surface area contributed by atoms with Crippen LogP contribution in [0.3, 0.4) is 0 Å². The molecule has 4 heteroatoms. The molecule has 2 heterocycles. The van der Waals surface area contributed by atoms with Crippen LogP contribution in [0.25, 0.3) is 0 Å². The number of aryl methyl sites for hydroxylation is 2. The Morgan fingerprint density at radius 3 is 3.14 bits per heavy atom. The molecule has 0 amide bonds. The number of hydrogen-bond donors (Lipinski definition) is 0. The number of hydrogen-bond acceptors (Lipinski definition) is 3. The van der Waals surface area contributed by atoms with Gasteiger partial charge in [-0.1, -0.05) is 0 Å². The molecule has 0 spiro atoms. The Labute approximate surface area is 85.7 Å². The van der Waals surface area contributed by atoms with Crippen LogP contribution < -0.4 is 5.56 Å². The topological polar surface area (TPSA) is 34.9 Å². The Morgan fingerprint density at radius 1 is 1.50 bits per heavy atom. The molecule has 0 saturated heterocycles. The minimum Gasteiger partial charge on any atom is -0.312 e. The van der Waals surface area contributed by atoms with Gasteiger partial charge in [0.2, 0.25) is 0 Å². The molecule has 0 saturated carbocycles. The van der Waals surface area contributed by atoms with Crippen LogP contribution in [0.5, 0.6) is 0 Å². The number of nitrogens with zero attached hydrogens (tertiary/aromatic N) is 2. The zero-order valence-corrected chi connectivity index (χ0v) is 8.41. The van der Waals surface area contributed by atoms with Crippen molar-refractivity contribution in [2.24, 2.45) is 0 Å². The highest BCUT2D eigenvalue weighted by atomic mass is 32.1. The molecule has 0 aliphatic heterocycles. The van der Waals surface area contributed by atoms with Crippen LogP contribution in [-0.2, 0) is 13.0 Å². The highest BCUT2D eigenvalue weighted by Gasteiger charge is 1.96. The maximum Gasteiger partial charge on any atom is 0.268 e. The van der Waals surface area contributed by atoms with E-state index in [4.69, 9.17) is 0 Å². The highest BCUT2D eigenvalue weighted by Crippen LogP contribution is 2.06. The maximum atomic E-state index is 11.3. The first-order chi connectivity index (χ1) is 6.86. The van der Waals surface area contributed by atoms with Gasteiger partial charge in [0.25, 0.3) is 5.56 Å². The Balaban J connectivity index is 2.06. The van der Waals surface area contributed by atoms with E-state index in [1.165, 1.54) is 11.8 Å². The highest BCUT2D eigenvalue weighted by molar-refractivity contribution is 7.07. The van der Waals surface area contributed by atoms with Crippen LogP contribution in [0.2, 0.25) is 0 Å². The molecule has 0 atom stereocenters. The first-order valence-electron chi connectivity index (χ1n) is 4.38. The standard InChI is InChI=1S/C10H10N2OS/c13-10-7-11-3-5-12(10)4-1-9-2-6-14-8-9/h2-3,5-8H,1,4H2. The number of thiophene rings is 1. The van der Waals surface area contributed by atoms with Gasteiger partial charge in [0.15, 0.2) is 0 Å². The fraction of sp³-hybridized carbons (Fsp3) is 0.200. The fourth-order valence-corrected chi connectivity index (χ4v) is 1.95. The van der Waals surface area contributed by atoms with Crippen molar-refractivity contribution >= 4 is 11.3 Å². The van der Waals surface area contributed by atoms with Crippen molar-refractivity contribution in [2.45, 2.75) is 13.0 Å². The summed E-state index contributed by atoms with van der Waals surface area (Å²) in [7, 11) is 0. The van der Waals surface area contributed by atoms with Crippen LogP contribution >= 0.6 is 11.3 Å². The largest absolute Gasteiger partial charge is 0.312 e. The Kier molecular flexibility index (Phi) is 2.74. The summed E-state index contributed by atoms with van der Waals surface area (Å²) >= 11 is 1.68. The zero-order chi connectivity index (χ0) is 9.80. The molecular formula is C10H10N2OS. The third-order valence-corrected chi connectivity index (χ3v) is 2.75. The van der Waals surface area contributed by atoms with Gasteiger partial charge in [-0.3, -0.25) is 9.78 Å². The first-order valence-corrected chi connectivity index (χ1v) is 5.32. The molecule has 2 rings (SSSR count). The van der Waals surface area contributed by atoms with Crippen molar-refractivity contribution in [1.82, 2.24) is 9.55 Å². The van der Waals surface area contributed by atoms with E-state index in [2.05, 4.69) is 16.4 Å². The molecule has 0 aliphatic rings. The molecule has 2 aromatic heterocycles. The minimum absolute atomic E-state index is 0.0391. The molecular weight excluding hydrogens is 196 g/mol. The van der Waals surface area contributed by atoms with Gasteiger partial charge in [-0.2, -0.15) is 11.3 Å². The molecule has 0 aromatic carbocycles. The van der Waals surface area contributed by atoms with E-state index in [1.807, 2.05) is 5.38 Å². The van der Waals surface area contributed by atoms with Crippen LogP contribution in [0.15, 0.2) is 40.2 Å². The average molecular weight is 206 g/mol. The molecule has 0 radical (unpaired) electrons. The molecule has 0 unspecified atom stereocenters. The summed E-state index contributed by atoms with van der Waals surface area (Å²) in [5.41, 5.74) is 1.24. The second kappa shape index (κ2) is 4.19. The lowest BCUT2D eigenvalue weighted by atomic mass is 10.2. The summed E-state index contributed by atoms with van der Waals surface area (Å²) in [4.78, 5) is 15.0. The number of aromatic nitrogens is 2. The van der Waals surface area contributed by atoms with Gasteiger partial charge in [-0.15, -0.1) is 0 Å². The lowest BCUT2D eigenvalue weighted by Crippen LogP contribution is -2.19. The van der Waals surface area contributed by atoms with E-state index in [9.17, 15) is 4.79 Å². The Bertz CT molecular complexity index is 447. The van der Waals surface area contributed by atoms with Gasteiger partial charge in [-0.25, -0.2) is 0 Å². The summed E-state index contributed by atoms with van der Waals surface area (Å²) in [6.45, 7) is 0.720. The Morgan fingerprint density at radius 2 is 2.43 bits per heavy atom. The lowest BCUT2D eigenvalue weighted by molar-refractivity contribution is 0.664. The molecule has 3 nitrogen and oxygen atoms in total. The van der Waals surface area contributed by atoms with Gasteiger partial charge in [0.1, 0.15) is 0 Å². The molecule has 0 bridgehead atoms. The van der Waals surface area contributed by atoms with Crippen molar-refractivity contribution in [3.05, 3.63) is 51.3 Å². The quantitative estimate of drug-likeness (QED) is 0.763. The third kappa shape index (κ3) is 2.09. The van der Waals surface area contributed by atoms with Crippen molar-refractivity contribution < 1.29 is 0 Å². The second-order valence-electron chi connectivity index (χ2n) is 2.99. The monoisotopic (exact) mass is 206 g/mol. The third-order valence-electron chi connectivity index (χ3n) is 2.02. The van der Waals surface area contributed by atoms with Gasteiger partial charge < -0.3 is 4.57 Å². The van der Waals surface area contributed by atoms with E-state index in [0.717, 1.165) is 13.0 Å². The van der Waals surface area contributed by atoms with E-state index in [1.54, 1.807) is 28.3 Å². The summed E-state index contributed by atoms with van der Waals surface area (Å²) in [5.74, 6) is 0. The average Bonchev–Trinajstić information content (AvgIpc) is 2.69. The predicted molar refractivity (Wildman–Crippen MR) is 56.5 cm³/mol. The SMILES string of the molecule is O=c1cnccn1CCc1ccsc1. The lowest BCUT2D eigenvalue weighted by Gasteiger charge is -2.02. The molecule has 0 N–H and O–H groups in total. The van der Waals surface area contributed by atoms with E-state index in [-0.39, 0.29) is 5.56 Å². The van der Waals surface area contributed by atoms with Crippen molar-refractivity contribution in [3.63, 3.8) is 0 Å². The molecule has 0 aliphatic carbocycles. The summed E-state index contributed by atoms with van der Waals surface area (Å²) in [5, 5.41) is 4.15. The van der Waals surface area contributed by atoms with Crippen molar-refractivity contribution in [2.75, 3.05) is 0 Å². The second-order valence-corrected chi connectivity index (χ2v) is 3.77. The maximum absolute atomic E-state index is 11.3. The summed E-state index contributed by atoms with van der Waals surface area (Å²) in [6.07, 6.45) is 5.59. The van der Waals surface area contributed by atoms with Gasteiger partial charge >= 0.3 is 0 Å². The zero-order valence-electron chi connectivity index (χ0n) is 7.59. The minimum atomic E-state index is -0.0391. The van der Waals surface area contributed by atoms with Gasteiger partial charge in [-0.05, 0) is 28.8 Å². The first kappa shape index (κ1) is 9.15. The van der Waals surface area contributed by atoms with Crippen molar-refractivity contribution in [1.29, 1.82) is 0 Å². The fourth-order valence-electron chi connectivity index (χ4n) is 1.24. The molecule has 0 fully saturated rings. The van der Waals surface area contributed by atoms with E-state index in [0.29, 0.717) is 0 Å². The Hall–Kier alpha value is -1.42. The van der Waals surface area contributed by atoms with Crippen LogP contribution in [0.1, 0.15) is 5.56 Å². The van der Waals surface area contributed by atoms with Crippen LogP contribution in [0, 0.1) is 0 Å². The molecule has 72 valence electrons. The van der Waals surface area contributed by atoms with E-state index < -0.39 is 0 Å². The summed E-state index contributed by atoms with van der Waals surface area (Å²) < 4.78 is 1.67. The van der Waals surface area contributed by atoms with Crippen molar-refractivity contribution in [3.8, 4) is 0 Å². The molecule has 2 aromatic rings. The predicted octanol–water partition coefficient (Wildman–Crippen LogP) is 1.55. The van der Waals surface area contributed by atoms with Gasteiger partial charge in [0, 0.05) is 18.9 Å². The normalized spacial score (nSPS) is 10.3.